The van der Waals surface area contributed by atoms with Crippen LogP contribution in [-0.4, -0.2) is 24.3 Å². The van der Waals surface area contributed by atoms with Crippen LogP contribution >= 0.6 is 0 Å². The van der Waals surface area contributed by atoms with Crippen molar-refractivity contribution in [3.05, 3.63) is 0 Å². The minimum Gasteiger partial charge on any atom is -0.326 e. The molecule has 0 amide bonds. The van der Waals surface area contributed by atoms with Crippen LogP contribution < -0.4 is 0 Å². The van der Waals surface area contributed by atoms with Crippen molar-refractivity contribution >= 4 is 0 Å². The van der Waals surface area contributed by atoms with Crippen molar-refractivity contribution in [3.8, 4) is 0 Å². The van der Waals surface area contributed by atoms with Crippen LogP contribution in [0, 0.1) is 0 Å². The number of rotatable bonds is 3. The second kappa shape index (κ2) is 3.19. The smallest absolute Gasteiger partial charge is 0.272 e. The lowest BCUT2D eigenvalue weighted by Crippen LogP contribution is -2.61. The molecule has 3 heterocycles. The summed E-state index contributed by atoms with van der Waals surface area (Å²) in [5.74, 6) is 0. The van der Waals surface area contributed by atoms with E-state index in [9.17, 15) is 0 Å². The first kappa shape index (κ1) is 9.13. The van der Waals surface area contributed by atoms with Gasteiger partial charge in [0.05, 0.1) is 17.8 Å². The third-order valence-corrected chi connectivity index (χ3v) is 3.66. The fourth-order valence-electron chi connectivity index (χ4n) is 3.04. The summed E-state index contributed by atoms with van der Waals surface area (Å²) < 4.78 is 17.0. The molecule has 0 spiro atoms. The van der Waals surface area contributed by atoms with Crippen molar-refractivity contribution in [1.29, 1.82) is 0 Å². The standard InChI is InChI=1S/C11H18O3/c1-2-3-4-11-6-8-5-9(7-11)13-10(12-8)14-11/h8-10H,2-7H2,1H3. The van der Waals surface area contributed by atoms with Crippen molar-refractivity contribution in [2.75, 3.05) is 0 Å². The molecule has 0 aromatic carbocycles. The molecule has 4 rings (SSSR count). The third-order valence-electron chi connectivity index (χ3n) is 3.66. The summed E-state index contributed by atoms with van der Waals surface area (Å²) in [7, 11) is 0. The van der Waals surface area contributed by atoms with E-state index in [2.05, 4.69) is 6.92 Å². The summed E-state index contributed by atoms with van der Waals surface area (Å²) in [4.78, 5) is 0. The fourth-order valence-corrected chi connectivity index (χ4v) is 3.04. The van der Waals surface area contributed by atoms with Crippen molar-refractivity contribution in [3.63, 3.8) is 0 Å². The van der Waals surface area contributed by atoms with Gasteiger partial charge in [-0.2, -0.15) is 0 Å². The van der Waals surface area contributed by atoms with Gasteiger partial charge in [-0.15, -0.1) is 0 Å². The van der Waals surface area contributed by atoms with Gasteiger partial charge in [-0.3, -0.25) is 0 Å². The molecular formula is C11H18O3. The van der Waals surface area contributed by atoms with Gasteiger partial charge in [0, 0.05) is 19.3 Å². The van der Waals surface area contributed by atoms with Crippen molar-refractivity contribution in [2.24, 2.45) is 0 Å². The van der Waals surface area contributed by atoms with E-state index in [0.717, 1.165) is 19.3 Å². The van der Waals surface area contributed by atoms with Gasteiger partial charge in [0.15, 0.2) is 0 Å². The number of hydrogen-bond acceptors (Lipinski definition) is 3. The zero-order chi connectivity index (χ0) is 9.60. The maximum Gasteiger partial charge on any atom is 0.272 e. The third kappa shape index (κ3) is 1.38. The number of hydrogen-bond donors (Lipinski definition) is 0. The molecule has 80 valence electrons. The van der Waals surface area contributed by atoms with Crippen molar-refractivity contribution in [1.82, 2.24) is 0 Å². The van der Waals surface area contributed by atoms with E-state index in [1.807, 2.05) is 0 Å². The van der Waals surface area contributed by atoms with Crippen LogP contribution in [0.3, 0.4) is 0 Å². The molecule has 0 N–H and O–H groups in total. The Morgan fingerprint density at radius 1 is 1.21 bits per heavy atom. The van der Waals surface area contributed by atoms with E-state index >= 15 is 0 Å². The quantitative estimate of drug-likeness (QED) is 0.695. The van der Waals surface area contributed by atoms with E-state index in [1.54, 1.807) is 0 Å². The summed E-state index contributed by atoms with van der Waals surface area (Å²) in [5.41, 5.74) is 0.102. The number of unbranched alkanes of at least 4 members (excludes halogenated alkanes) is 1. The molecule has 3 nitrogen and oxygen atoms in total. The van der Waals surface area contributed by atoms with E-state index in [-0.39, 0.29) is 12.1 Å². The van der Waals surface area contributed by atoms with Crippen LogP contribution in [0.4, 0.5) is 0 Å². The Labute approximate surface area is 84.7 Å². The Morgan fingerprint density at radius 3 is 2.50 bits per heavy atom. The second-order valence-electron chi connectivity index (χ2n) is 4.85. The van der Waals surface area contributed by atoms with Gasteiger partial charge in [-0.1, -0.05) is 19.8 Å². The minimum atomic E-state index is -0.349. The molecule has 0 radical (unpaired) electrons. The highest BCUT2D eigenvalue weighted by Crippen LogP contribution is 2.47. The molecule has 3 saturated heterocycles. The van der Waals surface area contributed by atoms with Gasteiger partial charge in [-0.05, 0) is 6.42 Å². The first-order valence-electron chi connectivity index (χ1n) is 5.78. The Balaban J connectivity index is 1.74. The highest BCUT2D eigenvalue weighted by Gasteiger charge is 2.53. The lowest BCUT2D eigenvalue weighted by atomic mass is 9.76. The van der Waals surface area contributed by atoms with Gasteiger partial charge < -0.3 is 14.2 Å². The second-order valence-corrected chi connectivity index (χ2v) is 4.85. The molecule has 0 aromatic rings. The first-order chi connectivity index (χ1) is 6.80. The Kier molecular flexibility index (Phi) is 2.08. The average molecular weight is 198 g/mol. The average Bonchev–Trinajstić information content (AvgIpc) is 2.12. The van der Waals surface area contributed by atoms with E-state index in [4.69, 9.17) is 14.2 Å². The molecule has 2 atom stereocenters. The predicted molar refractivity (Wildman–Crippen MR) is 50.7 cm³/mol. The topological polar surface area (TPSA) is 27.7 Å². The van der Waals surface area contributed by atoms with Crippen LogP contribution in [0.25, 0.3) is 0 Å². The SMILES string of the molecule is CCCCC12CC3CC(C1)OC(O3)O2. The van der Waals surface area contributed by atoms with Crippen LogP contribution in [0.15, 0.2) is 0 Å². The number of ether oxygens (including phenoxy) is 3. The van der Waals surface area contributed by atoms with E-state index < -0.39 is 0 Å². The summed E-state index contributed by atoms with van der Waals surface area (Å²) in [5, 5.41) is 0. The molecule has 4 bridgehead atoms. The van der Waals surface area contributed by atoms with E-state index in [0.29, 0.717) is 12.2 Å². The molecule has 1 aliphatic carbocycles. The van der Waals surface area contributed by atoms with Crippen molar-refractivity contribution in [2.45, 2.75) is 69.7 Å². The van der Waals surface area contributed by atoms with Gasteiger partial charge in [0.2, 0.25) is 0 Å². The summed E-state index contributed by atoms with van der Waals surface area (Å²) in [6.07, 6.45) is 7.73. The van der Waals surface area contributed by atoms with Gasteiger partial charge in [0.25, 0.3) is 6.48 Å². The molecule has 1 saturated carbocycles. The van der Waals surface area contributed by atoms with Gasteiger partial charge >= 0.3 is 0 Å². The first-order valence-corrected chi connectivity index (χ1v) is 5.78. The zero-order valence-electron chi connectivity index (χ0n) is 8.70. The van der Waals surface area contributed by atoms with Crippen molar-refractivity contribution < 1.29 is 14.2 Å². The summed E-state index contributed by atoms with van der Waals surface area (Å²) >= 11 is 0. The molecule has 4 aliphatic rings. The monoisotopic (exact) mass is 198 g/mol. The Morgan fingerprint density at radius 2 is 1.93 bits per heavy atom. The molecule has 0 aromatic heterocycles. The van der Waals surface area contributed by atoms with Gasteiger partial charge in [0.1, 0.15) is 0 Å². The molecule has 3 aliphatic heterocycles. The van der Waals surface area contributed by atoms with Crippen LogP contribution in [-0.2, 0) is 14.2 Å². The molecule has 2 unspecified atom stereocenters. The molecule has 4 fully saturated rings. The molecule has 14 heavy (non-hydrogen) atoms. The van der Waals surface area contributed by atoms with Crippen LogP contribution in [0.5, 0.6) is 0 Å². The summed E-state index contributed by atoms with van der Waals surface area (Å²) in [6.45, 7) is 1.88. The normalized spacial score (nSPS) is 49.9. The zero-order valence-corrected chi connectivity index (χ0v) is 8.70. The lowest BCUT2D eigenvalue weighted by molar-refractivity contribution is -0.450. The molecular weight excluding hydrogens is 180 g/mol. The lowest BCUT2D eigenvalue weighted by Gasteiger charge is -2.55. The largest absolute Gasteiger partial charge is 0.326 e. The fraction of sp³-hybridized carbons (Fsp3) is 1.00. The molecule has 3 heteroatoms. The predicted octanol–water partition coefficient (Wildman–Crippen LogP) is 2.20. The minimum absolute atomic E-state index is 0.102. The maximum absolute atomic E-state index is 5.87. The highest BCUT2D eigenvalue weighted by molar-refractivity contribution is 4.97. The van der Waals surface area contributed by atoms with Crippen LogP contribution in [0.1, 0.15) is 45.4 Å². The summed E-state index contributed by atoms with van der Waals surface area (Å²) in [6, 6.07) is 0. The van der Waals surface area contributed by atoms with Gasteiger partial charge in [-0.25, -0.2) is 0 Å². The van der Waals surface area contributed by atoms with Crippen LogP contribution in [0.2, 0.25) is 0 Å². The Bertz CT molecular complexity index is 191. The maximum atomic E-state index is 5.87. The highest BCUT2D eigenvalue weighted by atomic mass is 16.9. The van der Waals surface area contributed by atoms with E-state index in [1.165, 1.54) is 19.3 Å². The Hall–Kier alpha value is -0.120.